The van der Waals surface area contributed by atoms with Crippen molar-refractivity contribution in [3.8, 4) is 11.1 Å². The van der Waals surface area contributed by atoms with Crippen LogP contribution in [0.25, 0.3) is 11.1 Å². The van der Waals surface area contributed by atoms with E-state index in [0.29, 0.717) is 0 Å². The van der Waals surface area contributed by atoms with E-state index >= 15 is 0 Å². The van der Waals surface area contributed by atoms with Gasteiger partial charge in [-0.3, -0.25) is 9.78 Å². The van der Waals surface area contributed by atoms with Gasteiger partial charge in [-0.05, 0) is 42.8 Å². The third-order valence-electron chi connectivity index (χ3n) is 4.36. The molecule has 0 aliphatic rings. The van der Waals surface area contributed by atoms with Crippen molar-refractivity contribution in [1.29, 1.82) is 0 Å². The number of hydrogen-bond acceptors (Lipinski definition) is 2. The third-order valence-corrected chi connectivity index (χ3v) is 4.36. The fraction of sp³-hybridized carbons (Fsp3) is 0.143. The summed E-state index contributed by atoms with van der Waals surface area (Å²) in [5.74, 6) is -5.50. The third kappa shape index (κ3) is 4.00. The molecule has 0 spiro atoms. The SMILES string of the molecule is CCN(C(=O)c1cccnc1C(F)(F)F)c1ccccc1-c1cc(F)c(F)c(F)c1. The van der Waals surface area contributed by atoms with Gasteiger partial charge in [-0.2, -0.15) is 13.2 Å². The highest BCUT2D eigenvalue weighted by atomic mass is 19.4. The number of anilines is 1. The van der Waals surface area contributed by atoms with E-state index < -0.39 is 40.8 Å². The summed E-state index contributed by atoms with van der Waals surface area (Å²) in [6.45, 7) is 1.48. The van der Waals surface area contributed by atoms with E-state index in [2.05, 4.69) is 4.98 Å². The molecule has 3 rings (SSSR count). The first-order chi connectivity index (χ1) is 14.1. The van der Waals surface area contributed by atoms with Crippen molar-refractivity contribution >= 4 is 11.6 Å². The Labute approximate surface area is 167 Å². The second kappa shape index (κ2) is 8.17. The number of rotatable bonds is 4. The van der Waals surface area contributed by atoms with E-state index in [4.69, 9.17) is 0 Å². The summed E-state index contributed by atoms with van der Waals surface area (Å²) >= 11 is 0. The molecule has 1 amide bonds. The normalized spacial score (nSPS) is 11.4. The molecule has 3 aromatic rings. The molecule has 0 unspecified atom stereocenters. The maximum Gasteiger partial charge on any atom is 0.434 e. The quantitative estimate of drug-likeness (QED) is 0.389. The molecule has 1 heterocycles. The van der Waals surface area contributed by atoms with Crippen LogP contribution in [0.1, 0.15) is 23.0 Å². The van der Waals surface area contributed by atoms with Crippen LogP contribution in [0.2, 0.25) is 0 Å². The Hall–Kier alpha value is -3.36. The second-order valence-electron chi connectivity index (χ2n) is 6.22. The lowest BCUT2D eigenvalue weighted by atomic mass is 10.0. The van der Waals surface area contributed by atoms with E-state index in [-0.39, 0.29) is 23.4 Å². The Kier molecular flexibility index (Phi) is 5.82. The zero-order chi connectivity index (χ0) is 22.1. The minimum absolute atomic E-state index is 0.0474. The first kappa shape index (κ1) is 21.4. The van der Waals surface area contributed by atoms with Gasteiger partial charge in [-0.15, -0.1) is 0 Å². The standard InChI is InChI=1S/C21H14F6N2O/c1-2-29(20(30)14-7-5-9-28-19(14)21(25,26)27)17-8-4-3-6-13(17)12-10-15(22)18(24)16(23)11-12/h3-11H,2H2,1H3. The molecule has 156 valence electrons. The maximum absolute atomic E-state index is 13.7. The van der Waals surface area contributed by atoms with E-state index in [1.165, 1.54) is 37.3 Å². The van der Waals surface area contributed by atoms with Gasteiger partial charge in [-0.25, -0.2) is 13.2 Å². The maximum atomic E-state index is 13.7. The van der Waals surface area contributed by atoms with Crippen molar-refractivity contribution in [2.45, 2.75) is 13.1 Å². The number of hydrogen-bond donors (Lipinski definition) is 0. The first-order valence-corrected chi connectivity index (χ1v) is 8.73. The van der Waals surface area contributed by atoms with E-state index in [1.807, 2.05) is 0 Å². The first-order valence-electron chi connectivity index (χ1n) is 8.73. The van der Waals surface area contributed by atoms with Crippen LogP contribution in [-0.4, -0.2) is 17.4 Å². The Morgan fingerprint density at radius 2 is 1.63 bits per heavy atom. The molecular weight excluding hydrogens is 410 g/mol. The topological polar surface area (TPSA) is 33.2 Å². The van der Waals surface area contributed by atoms with Gasteiger partial charge in [0.1, 0.15) is 0 Å². The highest BCUT2D eigenvalue weighted by Crippen LogP contribution is 2.35. The van der Waals surface area contributed by atoms with Crippen molar-refractivity contribution in [1.82, 2.24) is 4.98 Å². The Morgan fingerprint density at radius 1 is 1.00 bits per heavy atom. The van der Waals surface area contributed by atoms with Crippen molar-refractivity contribution in [2.24, 2.45) is 0 Å². The average Bonchev–Trinajstić information content (AvgIpc) is 2.72. The molecule has 0 radical (unpaired) electrons. The number of amides is 1. The van der Waals surface area contributed by atoms with Crippen LogP contribution >= 0.6 is 0 Å². The predicted molar refractivity (Wildman–Crippen MR) is 98.3 cm³/mol. The van der Waals surface area contributed by atoms with Crippen LogP contribution in [0.3, 0.4) is 0 Å². The molecular formula is C21H14F6N2O. The number of carbonyl (C=O) groups is 1. The summed E-state index contributed by atoms with van der Waals surface area (Å²) < 4.78 is 80.7. The zero-order valence-corrected chi connectivity index (χ0v) is 15.5. The summed E-state index contributed by atoms with van der Waals surface area (Å²) in [6.07, 6.45) is -3.93. The molecule has 0 saturated heterocycles. The van der Waals surface area contributed by atoms with E-state index in [9.17, 15) is 31.1 Å². The number of alkyl halides is 3. The minimum atomic E-state index is -4.85. The number of nitrogens with zero attached hydrogens (tertiary/aromatic N) is 2. The van der Waals surface area contributed by atoms with E-state index in [1.54, 1.807) is 0 Å². The second-order valence-corrected chi connectivity index (χ2v) is 6.22. The molecule has 9 heteroatoms. The van der Waals surface area contributed by atoms with Gasteiger partial charge < -0.3 is 4.90 Å². The largest absolute Gasteiger partial charge is 0.434 e. The van der Waals surface area contributed by atoms with Crippen molar-refractivity contribution in [2.75, 3.05) is 11.4 Å². The molecule has 1 aromatic heterocycles. The summed E-state index contributed by atoms with van der Waals surface area (Å²) in [5.41, 5.74) is -1.84. The van der Waals surface area contributed by atoms with E-state index in [0.717, 1.165) is 29.3 Å². The van der Waals surface area contributed by atoms with Crippen LogP contribution < -0.4 is 4.90 Å². The number of aromatic nitrogens is 1. The lowest BCUT2D eigenvalue weighted by Gasteiger charge is -2.25. The van der Waals surface area contributed by atoms with Crippen molar-refractivity contribution in [3.05, 3.63) is 83.4 Å². The molecule has 0 N–H and O–H groups in total. The van der Waals surface area contributed by atoms with Gasteiger partial charge in [0, 0.05) is 18.3 Å². The number of para-hydroxylation sites is 1. The monoisotopic (exact) mass is 424 g/mol. The number of halogens is 6. The zero-order valence-electron chi connectivity index (χ0n) is 15.5. The summed E-state index contributed by atoms with van der Waals surface area (Å²) in [4.78, 5) is 17.3. The smallest absolute Gasteiger partial charge is 0.308 e. The highest BCUT2D eigenvalue weighted by Gasteiger charge is 2.38. The number of pyridine rings is 1. The Morgan fingerprint density at radius 3 is 2.23 bits per heavy atom. The Balaban J connectivity index is 2.14. The molecule has 0 bridgehead atoms. The number of carbonyl (C=O) groups excluding carboxylic acids is 1. The summed E-state index contributed by atoms with van der Waals surface area (Å²) in [6, 6.07) is 9.57. The Bertz CT molecular complexity index is 1070. The van der Waals surface area contributed by atoms with Crippen LogP contribution in [0.4, 0.5) is 32.0 Å². The van der Waals surface area contributed by atoms with Crippen LogP contribution in [0.5, 0.6) is 0 Å². The fourth-order valence-corrected chi connectivity index (χ4v) is 3.04. The van der Waals surface area contributed by atoms with Gasteiger partial charge in [0.15, 0.2) is 23.1 Å². The fourth-order valence-electron chi connectivity index (χ4n) is 3.04. The highest BCUT2D eigenvalue weighted by molar-refractivity contribution is 6.08. The van der Waals surface area contributed by atoms with Crippen molar-refractivity contribution in [3.63, 3.8) is 0 Å². The average molecular weight is 424 g/mol. The van der Waals surface area contributed by atoms with Gasteiger partial charge in [0.05, 0.1) is 11.3 Å². The summed E-state index contributed by atoms with van der Waals surface area (Å²) in [7, 11) is 0. The minimum Gasteiger partial charge on any atom is -0.308 e. The molecule has 0 fully saturated rings. The lowest BCUT2D eigenvalue weighted by Crippen LogP contribution is -2.33. The van der Waals surface area contributed by atoms with Crippen molar-refractivity contribution < 1.29 is 31.1 Å². The molecule has 30 heavy (non-hydrogen) atoms. The molecule has 0 aliphatic heterocycles. The summed E-state index contributed by atoms with van der Waals surface area (Å²) in [5, 5.41) is 0. The predicted octanol–water partition coefficient (Wildman–Crippen LogP) is 5.85. The van der Waals surface area contributed by atoms with Gasteiger partial charge in [0.2, 0.25) is 0 Å². The lowest BCUT2D eigenvalue weighted by molar-refractivity contribution is -0.141. The molecule has 0 aliphatic carbocycles. The molecule has 0 saturated carbocycles. The molecule has 2 aromatic carbocycles. The van der Waals surface area contributed by atoms with Gasteiger partial charge in [0.25, 0.3) is 5.91 Å². The van der Waals surface area contributed by atoms with Gasteiger partial charge >= 0.3 is 6.18 Å². The van der Waals surface area contributed by atoms with Crippen LogP contribution in [-0.2, 0) is 6.18 Å². The molecule has 0 atom stereocenters. The van der Waals surface area contributed by atoms with Crippen LogP contribution in [0.15, 0.2) is 54.7 Å². The van der Waals surface area contributed by atoms with Gasteiger partial charge in [-0.1, -0.05) is 18.2 Å². The molecule has 3 nitrogen and oxygen atoms in total. The number of benzene rings is 2. The van der Waals surface area contributed by atoms with Crippen LogP contribution in [0, 0.1) is 17.5 Å².